The molecule has 288 valence electrons. The number of esters is 4. The van der Waals surface area contributed by atoms with Crippen molar-refractivity contribution < 1.29 is 61.3 Å². The summed E-state index contributed by atoms with van der Waals surface area (Å²) >= 11 is 0.702. The second-order valence-corrected chi connectivity index (χ2v) is 14.8. The topological polar surface area (TPSA) is 253 Å². The molecule has 0 radical (unpaired) electrons. The van der Waals surface area contributed by atoms with E-state index in [1.54, 1.807) is 60.0 Å². The zero-order valence-corrected chi connectivity index (χ0v) is 31.0. The van der Waals surface area contributed by atoms with E-state index in [2.05, 4.69) is 25.6 Å². The molecule has 2 aliphatic heterocycles. The Balaban J connectivity index is 1.44. The molecule has 52 heavy (non-hydrogen) atoms. The lowest BCUT2D eigenvalue weighted by atomic mass is 9.97. The maximum atomic E-state index is 13.2. The number of nitrogens with two attached hydrogens (primary N) is 1. The second-order valence-electron chi connectivity index (χ2n) is 14.3. The van der Waals surface area contributed by atoms with Crippen LogP contribution in [0.25, 0.3) is 11.2 Å². The van der Waals surface area contributed by atoms with Crippen molar-refractivity contribution in [1.29, 1.82) is 0 Å². The number of nitrogens with one attached hydrogen (secondary N) is 2. The third kappa shape index (κ3) is 10.5. The standard InChI is InChI=1S/C31H45N7O13S/c1-29(2,3)26(41)46-14-44-18(39)10-9-16(25(40)45-15-47-27(42)30(4,5)6)36-28(43)37-22-19-23(34-12-33-22)38(13-35-19)24-21-20(50-31(7,8)51-21)17(49-24)11-48-52-32/h12-13,16-17,20-21,24H,9-11,14-15,32H2,1-8H3,(H2,33,34,36,37,43)/t16-,17?,20?,21?,24?/m0/s1. The number of rotatable bonds is 14. The maximum absolute atomic E-state index is 13.2. The Labute approximate surface area is 303 Å². The Morgan fingerprint density at radius 2 is 1.58 bits per heavy atom. The van der Waals surface area contributed by atoms with Crippen molar-refractivity contribution in [2.24, 2.45) is 16.0 Å². The molecule has 2 aromatic heterocycles. The van der Waals surface area contributed by atoms with Gasteiger partial charge in [0, 0.05) is 6.42 Å². The van der Waals surface area contributed by atoms with Crippen molar-refractivity contribution in [2.45, 2.75) is 105 Å². The lowest BCUT2D eigenvalue weighted by Crippen LogP contribution is -2.44. The number of ether oxygens (including phenoxy) is 7. The normalized spacial score (nSPS) is 21.6. The molecule has 2 amide bonds. The molecule has 0 aliphatic carbocycles. The molecule has 2 saturated heterocycles. The molecule has 4 N–H and O–H groups in total. The summed E-state index contributed by atoms with van der Waals surface area (Å²) in [7, 11) is 0. The van der Waals surface area contributed by atoms with E-state index in [0.717, 1.165) is 0 Å². The van der Waals surface area contributed by atoms with Crippen LogP contribution in [0, 0.1) is 10.8 Å². The minimum atomic E-state index is -1.43. The number of urea groups is 1. The molecule has 0 spiro atoms. The monoisotopic (exact) mass is 755 g/mol. The van der Waals surface area contributed by atoms with E-state index < -0.39 is 90.7 Å². The number of imidazole rings is 1. The summed E-state index contributed by atoms with van der Waals surface area (Å²) in [6.45, 7) is 12.1. The van der Waals surface area contributed by atoms with Gasteiger partial charge in [0.25, 0.3) is 0 Å². The molecule has 2 fully saturated rings. The van der Waals surface area contributed by atoms with Gasteiger partial charge in [0.2, 0.25) is 13.6 Å². The predicted molar refractivity (Wildman–Crippen MR) is 179 cm³/mol. The largest absolute Gasteiger partial charge is 0.428 e. The van der Waals surface area contributed by atoms with E-state index in [1.165, 1.54) is 12.7 Å². The van der Waals surface area contributed by atoms with Crippen molar-refractivity contribution in [2.75, 3.05) is 25.5 Å². The van der Waals surface area contributed by atoms with E-state index in [1.807, 2.05) is 0 Å². The number of aromatic nitrogens is 4. The Hall–Kier alpha value is -4.15. The molecule has 4 heterocycles. The minimum Gasteiger partial charge on any atom is -0.428 e. The average Bonchev–Trinajstić information content (AvgIpc) is 3.71. The molecular weight excluding hydrogens is 710 g/mol. The van der Waals surface area contributed by atoms with Gasteiger partial charge in [-0.05, 0) is 61.8 Å². The van der Waals surface area contributed by atoms with Gasteiger partial charge in [0.1, 0.15) is 30.7 Å². The van der Waals surface area contributed by atoms with Crippen LogP contribution >= 0.6 is 12.2 Å². The summed E-state index contributed by atoms with van der Waals surface area (Å²) in [5.41, 5.74) is -1.22. The fraction of sp³-hybridized carbons (Fsp3) is 0.677. The van der Waals surface area contributed by atoms with Crippen LogP contribution in [0.15, 0.2) is 12.7 Å². The van der Waals surface area contributed by atoms with Crippen LogP contribution in [0.5, 0.6) is 0 Å². The first-order valence-electron chi connectivity index (χ1n) is 16.2. The molecule has 21 heteroatoms. The van der Waals surface area contributed by atoms with Gasteiger partial charge >= 0.3 is 29.9 Å². The first-order valence-corrected chi connectivity index (χ1v) is 17.0. The summed E-state index contributed by atoms with van der Waals surface area (Å²) in [4.78, 5) is 75.5. The van der Waals surface area contributed by atoms with E-state index in [0.29, 0.717) is 12.2 Å². The fourth-order valence-electron chi connectivity index (χ4n) is 4.96. The van der Waals surface area contributed by atoms with Gasteiger partial charge in [-0.3, -0.25) is 33.6 Å². The van der Waals surface area contributed by atoms with Crippen molar-refractivity contribution in [3.63, 3.8) is 0 Å². The maximum Gasteiger partial charge on any atom is 0.331 e. The van der Waals surface area contributed by atoms with E-state index >= 15 is 0 Å². The van der Waals surface area contributed by atoms with E-state index in [9.17, 15) is 24.0 Å². The molecule has 2 aromatic rings. The highest BCUT2D eigenvalue weighted by Gasteiger charge is 2.56. The predicted octanol–water partition coefficient (Wildman–Crippen LogP) is 2.23. The fourth-order valence-corrected chi connectivity index (χ4v) is 5.17. The molecule has 2 aliphatic rings. The third-order valence-corrected chi connectivity index (χ3v) is 7.82. The van der Waals surface area contributed by atoms with Crippen LogP contribution < -0.4 is 15.8 Å². The summed E-state index contributed by atoms with van der Waals surface area (Å²) in [5.74, 6) is -3.97. The van der Waals surface area contributed by atoms with Crippen LogP contribution in [0.3, 0.4) is 0 Å². The first kappa shape index (κ1) is 40.6. The zero-order valence-electron chi connectivity index (χ0n) is 30.2. The summed E-state index contributed by atoms with van der Waals surface area (Å²) in [5, 5.41) is 10.4. The van der Waals surface area contributed by atoms with Crippen LogP contribution in [0.2, 0.25) is 0 Å². The quantitative estimate of drug-likeness (QED) is 0.108. The van der Waals surface area contributed by atoms with Crippen LogP contribution in [-0.2, 0) is 56.5 Å². The van der Waals surface area contributed by atoms with Gasteiger partial charge in [-0.15, -0.1) is 0 Å². The zero-order chi connectivity index (χ0) is 38.4. The van der Waals surface area contributed by atoms with Gasteiger partial charge in [-0.2, -0.15) is 0 Å². The third-order valence-electron chi connectivity index (χ3n) is 7.54. The summed E-state index contributed by atoms with van der Waals surface area (Å²) < 4.78 is 45.3. The van der Waals surface area contributed by atoms with Gasteiger partial charge in [-0.25, -0.2) is 24.5 Å². The molecule has 4 unspecified atom stereocenters. The Kier molecular flexibility index (Phi) is 13.0. The van der Waals surface area contributed by atoms with E-state index in [4.69, 9.17) is 42.5 Å². The minimum absolute atomic E-state index is 0.0227. The molecule has 0 aromatic carbocycles. The Bertz CT molecular complexity index is 1620. The van der Waals surface area contributed by atoms with Crippen LogP contribution in [-0.4, -0.2) is 99.8 Å². The number of carbonyl (C=O) groups is 5. The molecule has 0 saturated carbocycles. The number of anilines is 1. The molecule has 20 nitrogen and oxygen atoms in total. The van der Waals surface area contributed by atoms with E-state index in [-0.39, 0.29) is 36.4 Å². The highest BCUT2D eigenvalue weighted by Crippen LogP contribution is 2.44. The molecule has 5 atom stereocenters. The average molecular weight is 756 g/mol. The number of amides is 2. The number of hydrogen-bond donors (Lipinski definition) is 3. The highest BCUT2D eigenvalue weighted by molar-refractivity contribution is 7.92. The van der Waals surface area contributed by atoms with Gasteiger partial charge in [-0.1, -0.05) is 0 Å². The number of nitrogens with zero attached hydrogens (tertiary/aromatic N) is 4. The smallest absolute Gasteiger partial charge is 0.331 e. The SMILES string of the molecule is CC1(C)OC2C(COSN)OC(n3cnc4c(NC(=O)N[C@@H](CCC(=O)OCOC(=O)C(C)(C)C)C(=O)OCOC(=O)C(C)(C)C)ncnc43)C2O1. The second kappa shape index (κ2) is 16.7. The van der Waals surface area contributed by atoms with Gasteiger partial charge in [0.05, 0.1) is 36.0 Å². The summed E-state index contributed by atoms with van der Waals surface area (Å²) in [6, 6.07) is -2.34. The highest BCUT2D eigenvalue weighted by atomic mass is 32.2. The number of carbonyl (C=O) groups excluding carboxylic acids is 5. The van der Waals surface area contributed by atoms with Crippen LogP contribution in [0.4, 0.5) is 10.6 Å². The Morgan fingerprint density at radius 3 is 2.21 bits per heavy atom. The van der Waals surface area contributed by atoms with Gasteiger partial charge in [0.15, 0.2) is 29.0 Å². The number of fused-ring (bicyclic) bond motifs is 2. The van der Waals surface area contributed by atoms with Crippen molar-refractivity contribution in [1.82, 2.24) is 24.8 Å². The molecule has 0 bridgehead atoms. The van der Waals surface area contributed by atoms with Crippen molar-refractivity contribution >= 4 is 59.1 Å². The van der Waals surface area contributed by atoms with Crippen molar-refractivity contribution in [3.8, 4) is 0 Å². The summed E-state index contributed by atoms with van der Waals surface area (Å²) in [6.07, 6.45) is -0.366. The lowest BCUT2D eigenvalue weighted by molar-refractivity contribution is -0.198. The number of hydrogen-bond acceptors (Lipinski definition) is 18. The van der Waals surface area contributed by atoms with Crippen molar-refractivity contribution in [3.05, 3.63) is 12.7 Å². The molecular formula is C31H45N7O13S. The first-order chi connectivity index (χ1) is 24.3. The Morgan fingerprint density at radius 1 is 0.942 bits per heavy atom. The molecule has 4 rings (SSSR count). The van der Waals surface area contributed by atoms with Gasteiger partial charge < -0.3 is 38.5 Å². The van der Waals surface area contributed by atoms with Crippen LogP contribution in [0.1, 0.15) is 74.5 Å². The lowest BCUT2D eigenvalue weighted by Gasteiger charge is -2.24.